The number of methoxy groups -OCH3 is 2. The van der Waals surface area contributed by atoms with Crippen molar-refractivity contribution in [2.24, 2.45) is 5.92 Å². The molecule has 0 aromatic heterocycles. The Morgan fingerprint density at radius 3 is 2.50 bits per heavy atom. The number of carbonyl (C=O) groups excluding carboxylic acids is 2. The van der Waals surface area contributed by atoms with Gasteiger partial charge in [0.05, 0.1) is 25.8 Å². The molecule has 1 N–H and O–H groups in total. The first kappa shape index (κ1) is 21.8. The van der Waals surface area contributed by atoms with E-state index in [4.69, 9.17) is 9.47 Å². The predicted octanol–water partition coefficient (Wildman–Crippen LogP) is 4.20. The number of hydrogen-bond acceptors (Lipinski definition) is 5. The summed E-state index contributed by atoms with van der Waals surface area (Å²) in [6.45, 7) is 6.10. The number of rotatable bonds is 10. The molecule has 1 aromatic rings. The molecule has 0 bridgehead atoms. The monoisotopic (exact) mass is 389 g/mol. The highest BCUT2D eigenvalue weighted by Gasteiger charge is 2.44. The molecular weight excluding hydrogens is 358 g/mol. The number of carbonyl (C=O) groups is 2. The third-order valence-electron chi connectivity index (χ3n) is 5.42. The van der Waals surface area contributed by atoms with Crippen LogP contribution in [-0.2, 0) is 9.59 Å². The molecule has 0 unspecified atom stereocenters. The third-order valence-corrected chi connectivity index (χ3v) is 5.42. The smallest absolute Gasteiger partial charge is 0.290 e. The molecule has 28 heavy (non-hydrogen) atoms. The van der Waals surface area contributed by atoms with Crippen LogP contribution in [-0.4, -0.2) is 42.5 Å². The minimum absolute atomic E-state index is 0.124. The topological polar surface area (TPSA) is 76.1 Å². The van der Waals surface area contributed by atoms with Gasteiger partial charge in [-0.2, -0.15) is 0 Å². The molecular formula is C22H31NO5. The van der Waals surface area contributed by atoms with E-state index in [1.54, 1.807) is 30.2 Å². The summed E-state index contributed by atoms with van der Waals surface area (Å²) in [6, 6.07) is 4.61. The van der Waals surface area contributed by atoms with Crippen molar-refractivity contribution in [2.45, 2.75) is 52.5 Å². The van der Waals surface area contributed by atoms with Gasteiger partial charge >= 0.3 is 0 Å². The molecule has 6 heteroatoms. The van der Waals surface area contributed by atoms with Crippen LogP contribution in [0.15, 0.2) is 29.5 Å². The predicted molar refractivity (Wildman–Crippen MR) is 108 cm³/mol. The SMILES string of the molecule is CCCC[C@@H](CC)CN1C(=O)C(O)=C(C(C)=O)[C@@H]1c1ccc(OC)cc1OC. The number of aliphatic hydroxyl groups excluding tert-OH is 1. The Bertz CT molecular complexity index is 755. The number of Topliss-reactive ketones (excluding diaryl/α,β-unsaturated/α-hetero) is 1. The van der Waals surface area contributed by atoms with E-state index < -0.39 is 17.7 Å². The molecule has 0 radical (unpaired) electrons. The lowest BCUT2D eigenvalue weighted by Crippen LogP contribution is -2.35. The molecule has 1 heterocycles. The second-order valence-corrected chi connectivity index (χ2v) is 7.20. The Balaban J connectivity index is 2.50. The summed E-state index contributed by atoms with van der Waals surface area (Å²) in [6.07, 6.45) is 4.09. The summed E-state index contributed by atoms with van der Waals surface area (Å²) in [7, 11) is 3.10. The van der Waals surface area contributed by atoms with E-state index >= 15 is 0 Å². The molecule has 1 aliphatic rings. The highest BCUT2D eigenvalue weighted by molar-refractivity contribution is 6.08. The zero-order valence-corrected chi connectivity index (χ0v) is 17.4. The van der Waals surface area contributed by atoms with E-state index in [9.17, 15) is 14.7 Å². The summed E-state index contributed by atoms with van der Waals surface area (Å²) in [5.41, 5.74) is 0.787. The summed E-state index contributed by atoms with van der Waals surface area (Å²) in [4.78, 5) is 26.8. The second-order valence-electron chi connectivity index (χ2n) is 7.20. The van der Waals surface area contributed by atoms with Gasteiger partial charge < -0.3 is 19.5 Å². The van der Waals surface area contributed by atoms with Crippen LogP contribution in [0.3, 0.4) is 0 Å². The van der Waals surface area contributed by atoms with Gasteiger partial charge in [-0.25, -0.2) is 0 Å². The van der Waals surface area contributed by atoms with Gasteiger partial charge in [-0.15, -0.1) is 0 Å². The molecule has 1 aromatic carbocycles. The van der Waals surface area contributed by atoms with Crippen LogP contribution < -0.4 is 9.47 Å². The fraction of sp³-hybridized carbons (Fsp3) is 0.545. The first-order valence-electron chi connectivity index (χ1n) is 9.86. The normalized spacial score (nSPS) is 17.8. The van der Waals surface area contributed by atoms with Gasteiger partial charge in [-0.1, -0.05) is 33.1 Å². The number of amides is 1. The number of benzene rings is 1. The van der Waals surface area contributed by atoms with Crippen molar-refractivity contribution in [1.29, 1.82) is 0 Å². The molecule has 0 spiro atoms. The maximum Gasteiger partial charge on any atom is 0.290 e. The lowest BCUT2D eigenvalue weighted by Gasteiger charge is -2.31. The Labute approximate surface area is 167 Å². The largest absolute Gasteiger partial charge is 0.503 e. The fourth-order valence-electron chi connectivity index (χ4n) is 3.76. The van der Waals surface area contributed by atoms with Crippen molar-refractivity contribution >= 4 is 11.7 Å². The average molecular weight is 389 g/mol. The van der Waals surface area contributed by atoms with Crippen molar-refractivity contribution in [2.75, 3.05) is 20.8 Å². The highest BCUT2D eigenvalue weighted by atomic mass is 16.5. The quantitative estimate of drug-likeness (QED) is 0.649. The Morgan fingerprint density at radius 2 is 1.96 bits per heavy atom. The lowest BCUT2D eigenvalue weighted by molar-refractivity contribution is -0.130. The molecule has 2 atom stereocenters. The first-order chi connectivity index (χ1) is 13.4. The maximum atomic E-state index is 12.9. The molecule has 2 rings (SSSR count). The number of nitrogens with zero attached hydrogens (tertiary/aromatic N) is 1. The van der Waals surface area contributed by atoms with E-state index in [1.807, 2.05) is 0 Å². The third kappa shape index (κ3) is 4.32. The zero-order valence-electron chi connectivity index (χ0n) is 17.4. The Kier molecular flexibility index (Phi) is 7.49. The first-order valence-corrected chi connectivity index (χ1v) is 9.86. The van der Waals surface area contributed by atoms with Crippen molar-refractivity contribution in [1.82, 2.24) is 4.90 Å². The van der Waals surface area contributed by atoms with Gasteiger partial charge in [-0.05, 0) is 31.4 Å². The highest BCUT2D eigenvalue weighted by Crippen LogP contribution is 2.43. The molecule has 0 fully saturated rings. The second kappa shape index (κ2) is 9.62. The molecule has 154 valence electrons. The van der Waals surface area contributed by atoms with Gasteiger partial charge in [0.25, 0.3) is 5.91 Å². The number of hydrogen-bond donors (Lipinski definition) is 1. The van der Waals surface area contributed by atoms with Crippen LogP contribution >= 0.6 is 0 Å². The van der Waals surface area contributed by atoms with E-state index in [2.05, 4.69) is 13.8 Å². The minimum Gasteiger partial charge on any atom is -0.503 e. The zero-order chi connectivity index (χ0) is 20.8. The van der Waals surface area contributed by atoms with Crippen LogP contribution in [0.4, 0.5) is 0 Å². The number of ketones is 1. The number of ether oxygens (including phenoxy) is 2. The van der Waals surface area contributed by atoms with Crippen molar-refractivity contribution in [3.05, 3.63) is 35.1 Å². The summed E-state index contributed by atoms with van der Waals surface area (Å²) < 4.78 is 10.8. The van der Waals surface area contributed by atoms with Crippen LogP contribution in [0.1, 0.15) is 58.1 Å². The standard InChI is InChI=1S/C22H31NO5/c1-6-8-9-15(7-2)13-23-20(19(14(3)24)21(25)22(23)26)17-11-10-16(27-4)12-18(17)28-5/h10-12,15,20,25H,6-9,13H2,1-5H3/t15-,20+/m1/s1. The Hall–Kier alpha value is -2.50. The van der Waals surface area contributed by atoms with Gasteiger partial charge in [0.15, 0.2) is 11.5 Å². The minimum atomic E-state index is -0.665. The van der Waals surface area contributed by atoms with Gasteiger partial charge in [-0.3, -0.25) is 9.59 Å². The van der Waals surface area contributed by atoms with E-state index in [-0.39, 0.29) is 11.4 Å². The van der Waals surface area contributed by atoms with Crippen LogP contribution in [0.5, 0.6) is 11.5 Å². The molecule has 0 saturated heterocycles. The lowest BCUT2D eigenvalue weighted by atomic mass is 9.93. The summed E-state index contributed by atoms with van der Waals surface area (Å²) >= 11 is 0. The van der Waals surface area contributed by atoms with Crippen molar-refractivity contribution < 1.29 is 24.2 Å². The van der Waals surface area contributed by atoms with Crippen LogP contribution in [0, 0.1) is 5.92 Å². The van der Waals surface area contributed by atoms with E-state index in [1.165, 1.54) is 14.0 Å². The fourth-order valence-corrected chi connectivity index (χ4v) is 3.76. The molecule has 1 aliphatic heterocycles. The molecule has 6 nitrogen and oxygen atoms in total. The summed E-state index contributed by atoms with van der Waals surface area (Å²) in [5, 5.41) is 10.5. The maximum absolute atomic E-state index is 12.9. The van der Waals surface area contributed by atoms with Crippen LogP contribution in [0.2, 0.25) is 0 Å². The number of aliphatic hydroxyl groups is 1. The van der Waals surface area contributed by atoms with E-state index in [0.717, 1.165) is 25.7 Å². The average Bonchev–Trinajstić information content (AvgIpc) is 2.95. The number of unbranched alkanes of at least 4 members (excludes halogenated alkanes) is 1. The molecule has 0 saturated carbocycles. The van der Waals surface area contributed by atoms with Gasteiger partial charge in [0.1, 0.15) is 11.5 Å². The summed E-state index contributed by atoms with van der Waals surface area (Å²) in [5.74, 6) is 0.150. The molecule has 0 aliphatic carbocycles. The Morgan fingerprint density at radius 1 is 1.25 bits per heavy atom. The molecule has 1 amide bonds. The van der Waals surface area contributed by atoms with Crippen molar-refractivity contribution in [3.8, 4) is 11.5 Å². The van der Waals surface area contributed by atoms with Gasteiger partial charge in [0.2, 0.25) is 0 Å². The van der Waals surface area contributed by atoms with Gasteiger partial charge in [0, 0.05) is 18.2 Å². The van der Waals surface area contributed by atoms with E-state index in [0.29, 0.717) is 29.5 Å². The van der Waals surface area contributed by atoms with Crippen LogP contribution in [0.25, 0.3) is 0 Å². The van der Waals surface area contributed by atoms with Crippen molar-refractivity contribution in [3.63, 3.8) is 0 Å².